The van der Waals surface area contributed by atoms with E-state index in [2.05, 4.69) is 15.2 Å². The second kappa shape index (κ2) is 9.02. The molecule has 0 aliphatic heterocycles. The topological polar surface area (TPSA) is 107 Å². The van der Waals surface area contributed by atoms with Crippen LogP contribution in [-0.2, 0) is 11.2 Å². The smallest absolute Gasteiger partial charge is 0.273 e. The Labute approximate surface area is 157 Å². The second-order valence-electron chi connectivity index (χ2n) is 5.77. The number of carbonyl (C=O) groups excluding carboxylic acids is 1. The van der Waals surface area contributed by atoms with Crippen molar-refractivity contribution >= 4 is 5.91 Å². The van der Waals surface area contributed by atoms with Crippen molar-refractivity contribution in [3.05, 3.63) is 28.2 Å². The number of nitrogens with one attached hydrogen (secondary N) is 1. The summed E-state index contributed by atoms with van der Waals surface area (Å²) in [5.41, 5.74) is 0.382. The van der Waals surface area contributed by atoms with Gasteiger partial charge >= 0.3 is 0 Å². The highest BCUT2D eigenvalue weighted by Gasteiger charge is 2.16. The fourth-order valence-electron chi connectivity index (χ4n) is 2.46. The first-order valence-electron chi connectivity index (χ1n) is 8.45. The number of hydrogen-bond donors (Lipinski definition) is 1. The number of aromatic amines is 1. The van der Waals surface area contributed by atoms with Crippen molar-refractivity contribution in [1.82, 2.24) is 20.1 Å². The number of rotatable bonds is 8. The number of benzene rings is 1. The summed E-state index contributed by atoms with van der Waals surface area (Å²) in [6.07, 6.45) is 0.423. The summed E-state index contributed by atoms with van der Waals surface area (Å²) in [4.78, 5) is 28.5. The third-order valence-electron chi connectivity index (χ3n) is 4.18. The van der Waals surface area contributed by atoms with Crippen LogP contribution in [0.25, 0.3) is 11.4 Å². The lowest BCUT2D eigenvalue weighted by atomic mass is 10.1. The summed E-state index contributed by atoms with van der Waals surface area (Å²) in [5.74, 6) is 1.53. The summed E-state index contributed by atoms with van der Waals surface area (Å²) in [6.45, 7) is 2.50. The van der Waals surface area contributed by atoms with E-state index < -0.39 is 0 Å². The molecule has 1 heterocycles. The standard InChI is InChI=1S/C18H24N4O5/c1-6-22(2)15(23)8-7-12-18(24)19-17(21-20-12)11-9-13(25-3)16(27-5)14(10-11)26-4/h9-10H,6-8H2,1-5H3,(H,19,21,24). The van der Waals surface area contributed by atoms with E-state index in [-0.39, 0.29) is 35.8 Å². The second-order valence-corrected chi connectivity index (χ2v) is 5.77. The van der Waals surface area contributed by atoms with Crippen LogP contribution in [0.1, 0.15) is 19.0 Å². The third kappa shape index (κ3) is 4.55. The van der Waals surface area contributed by atoms with E-state index in [1.165, 1.54) is 21.3 Å². The zero-order valence-electron chi connectivity index (χ0n) is 16.2. The van der Waals surface area contributed by atoms with Gasteiger partial charge in [-0.2, -0.15) is 0 Å². The van der Waals surface area contributed by atoms with Gasteiger partial charge in [0.2, 0.25) is 11.7 Å². The molecule has 0 unspecified atom stereocenters. The van der Waals surface area contributed by atoms with Crippen LogP contribution in [0.5, 0.6) is 17.2 Å². The molecule has 0 fully saturated rings. The molecule has 0 saturated heterocycles. The zero-order chi connectivity index (χ0) is 20.0. The number of nitrogens with zero attached hydrogens (tertiary/aromatic N) is 3. The molecule has 27 heavy (non-hydrogen) atoms. The Bertz CT molecular complexity index is 840. The maximum absolute atomic E-state index is 12.3. The van der Waals surface area contributed by atoms with E-state index in [0.717, 1.165) is 0 Å². The predicted octanol–water partition coefficient (Wildman–Crippen LogP) is 1.27. The summed E-state index contributed by atoms with van der Waals surface area (Å²) < 4.78 is 15.9. The van der Waals surface area contributed by atoms with Gasteiger partial charge in [-0.3, -0.25) is 9.59 Å². The number of H-pyrrole nitrogens is 1. The van der Waals surface area contributed by atoms with Crippen LogP contribution in [0.15, 0.2) is 16.9 Å². The molecule has 2 aromatic rings. The van der Waals surface area contributed by atoms with E-state index in [4.69, 9.17) is 14.2 Å². The number of aryl methyl sites for hydroxylation is 1. The molecule has 9 heteroatoms. The molecule has 0 radical (unpaired) electrons. The summed E-state index contributed by atoms with van der Waals surface area (Å²) in [7, 11) is 6.23. The Hall–Kier alpha value is -3.10. The summed E-state index contributed by atoms with van der Waals surface area (Å²) >= 11 is 0. The maximum atomic E-state index is 12.3. The van der Waals surface area contributed by atoms with Gasteiger partial charge in [0.1, 0.15) is 5.69 Å². The van der Waals surface area contributed by atoms with Crippen LogP contribution in [0.4, 0.5) is 0 Å². The maximum Gasteiger partial charge on any atom is 0.273 e. The fraction of sp³-hybridized carbons (Fsp3) is 0.444. The molecule has 1 amide bonds. The van der Waals surface area contributed by atoms with Crippen molar-refractivity contribution < 1.29 is 19.0 Å². The normalized spacial score (nSPS) is 10.4. The molecule has 1 N–H and O–H groups in total. The predicted molar refractivity (Wildman–Crippen MR) is 99.4 cm³/mol. The largest absolute Gasteiger partial charge is 0.493 e. The molecule has 2 rings (SSSR count). The van der Waals surface area contributed by atoms with Gasteiger partial charge in [-0.15, -0.1) is 10.2 Å². The Kier molecular flexibility index (Phi) is 6.75. The molecule has 146 valence electrons. The fourth-order valence-corrected chi connectivity index (χ4v) is 2.46. The van der Waals surface area contributed by atoms with Gasteiger partial charge in [-0.05, 0) is 19.1 Å². The highest BCUT2D eigenvalue weighted by molar-refractivity contribution is 5.76. The number of aromatic nitrogens is 3. The first kappa shape index (κ1) is 20.2. The number of ether oxygens (including phenoxy) is 3. The van der Waals surface area contributed by atoms with Crippen molar-refractivity contribution in [1.29, 1.82) is 0 Å². The van der Waals surface area contributed by atoms with Gasteiger partial charge in [-0.25, -0.2) is 0 Å². The Morgan fingerprint density at radius 1 is 1.11 bits per heavy atom. The van der Waals surface area contributed by atoms with Crippen LogP contribution in [0.2, 0.25) is 0 Å². The summed E-state index contributed by atoms with van der Waals surface area (Å²) in [6, 6.07) is 3.33. The van der Waals surface area contributed by atoms with E-state index in [1.54, 1.807) is 24.1 Å². The SMILES string of the molecule is CCN(C)C(=O)CCc1nnc(-c2cc(OC)c(OC)c(OC)c2)[nH]c1=O. The minimum atomic E-state index is -0.388. The number of carbonyl (C=O) groups is 1. The number of amides is 1. The first-order chi connectivity index (χ1) is 12.9. The van der Waals surface area contributed by atoms with Crippen LogP contribution in [0, 0.1) is 0 Å². The van der Waals surface area contributed by atoms with Gasteiger partial charge in [0.15, 0.2) is 17.3 Å². The van der Waals surface area contributed by atoms with Crippen molar-refractivity contribution in [2.45, 2.75) is 19.8 Å². The monoisotopic (exact) mass is 376 g/mol. The molecule has 1 aromatic heterocycles. The average molecular weight is 376 g/mol. The Morgan fingerprint density at radius 2 is 1.74 bits per heavy atom. The van der Waals surface area contributed by atoms with Gasteiger partial charge < -0.3 is 24.1 Å². The molecule has 0 bridgehead atoms. The van der Waals surface area contributed by atoms with Gasteiger partial charge in [0, 0.05) is 32.0 Å². The lowest BCUT2D eigenvalue weighted by Crippen LogP contribution is -2.27. The first-order valence-corrected chi connectivity index (χ1v) is 8.45. The Morgan fingerprint density at radius 3 is 2.22 bits per heavy atom. The van der Waals surface area contributed by atoms with Crippen LogP contribution >= 0.6 is 0 Å². The molecule has 0 spiro atoms. The van der Waals surface area contributed by atoms with Crippen LogP contribution in [-0.4, -0.2) is 60.9 Å². The number of methoxy groups -OCH3 is 3. The van der Waals surface area contributed by atoms with Crippen molar-refractivity contribution in [3.63, 3.8) is 0 Å². The molecule has 0 atom stereocenters. The third-order valence-corrected chi connectivity index (χ3v) is 4.18. The lowest BCUT2D eigenvalue weighted by molar-refractivity contribution is -0.129. The molecule has 1 aromatic carbocycles. The zero-order valence-corrected chi connectivity index (χ0v) is 16.2. The van der Waals surface area contributed by atoms with E-state index in [1.807, 2.05) is 6.92 Å². The molecule has 0 saturated carbocycles. The quantitative estimate of drug-likeness (QED) is 0.739. The molecular formula is C18H24N4O5. The van der Waals surface area contributed by atoms with E-state index >= 15 is 0 Å². The van der Waals surface area contributed by atoms with Gasteiger partial charge in [0.25, 0.3) is 5.56 Å². The van der Waals surface area contributed by atoms with Gasteiger partial charge in [0.05, 0.1) is 21.3 Å². The van der Waals surface area contributed by atoms with E-state index in [9.17, 15) is 9.59 Å². The highest BCUT2D eigenvalue weighted by atomic mass is 16.5. The van der Waals surface area contributed by atoms with Crippen molar-refractivity contribution in [3.8, 4) is 28.6 Å². The number of hydrogen-bond acceptors (Lipinski definition) is 7. The minimum Gasteiger partial charge on any atom is -0.493 e. The highest BCUT2D eigenvalue weighted by Crippen LogP contribution is 2.40. The van der Waals surface area contributed by atoms with Gasteiger partial charge in [-0.1, -0.05) is 0 Å². The van der Waals surface area contributed by atoms with Crippen molar-refractivity contribution in [2.24, 2.45) is 0 Å². The molecular weight excluding hydrogens is 352 g/mol. The average Bonchev–Trinajstić information content (AvgIpc) is 2.70. The van der Waals surface area contributed by atoms with Crippen molar-refractivity contribution in [2.75, 3.05) is 34.9 Å². The lowest BCUT2D eigenvalue weighted by Gasteiger charge is -2.14. The Balaban J connectivity index is 2.30. The minimum absolute atomic E-state index is 0.0487. The van der Waals surface area contributed by atoms with Crippen LogP contribution in [0.3, 0.4) is 0 Å². The molecule has 9 nitrogen and oxygen atoms in total. The molecule has 0 aliphatic carbocycles. The summed E-state index contributed by atoms with van der Waals surface area (Å²) in [5, 5.41) is 8.06. The molecule has 0 aliphatic rings. The van der Waals surface area contributed by atoms with E-state index in [0.29, 0.717) is 29.4 Å². The van der Waals surface area contributed by atoms with Crippen LogP contribution < -0.4 is 19.8 Å².